The van der Waals surface area contributed by atoms with Crippen LogP contribution in [-0.2, 0) is 31.5 Å². The Bertz CT molecular complexity index is 1250. The first kappa shape index (κ1) is 17.3. The van der Waals surface area contributed by atoms with Crippen molar-refractivity contribution in [1.82, 2.24) is 0 Å². The fourth-order valence-corrected chi connectivity index (χ4v) is 3.27. The molecule has 1 aliphatic heterocycles. The lowest BCUT2D eigenvalue weighted by molar-refractivity contribution is -0.137. The Morgan fingerprint density at radius 1 is 1.24 bits per heavy atom. The molecule has 0 spiro atoms. The van der Waals surface area contributed by atoms with E-state index in [-0.39, 0.29) is 10.6 Å². The summed E-state index contributed by atoms with van der Waals surface area (Å²) in [6.07, 6.45) is -7.29. The minimum Gasteiger partial charge on any atom is -0.462 e. The van der Waals surface area contributed by atoms with Gasteiger partial charge in [0.1, 0.15) is 5.70 Å². The number of carbonyl (C=O) groups excluding carboxylic acids is 1. The van der Waals surface area contributed by atoms with E-state index in [0.29, 0.717) is 12.1 Å². The summed E-state index contributed by atoms with van der Waals surface area (Å²) >= 11 is 5.90. The smallest absolute Gasteiger partial charge is 0.416 e. The number of carbonyl (C=O) groups is 1. The van der Waals surface area contributed by atoms with Gasteiger partial charge in [-0.05, 0) is 35.4 Å². The van der Waals surface area contributed by atoms with Crippen molar-refractivity contribution in [2.24, 2.45) is 5.73 Å². The summed E-state index contributed by atoms with van der Waals surface area (Å²) in [7, 11) is -5.33. The molecule has 0 amide bonds. The average Bonchev–Trinajstić information content (AvgIpc) is 2.89. The summed E-state index contributed by atoms with van der Waals surface area (Å²) in [4.78, 5) is 13.1. The number of nitrogens with two attached hydrogens (primary N) is 1. The molecular formula is C18H13ClF3NO5S. The van der Waals surface area contributed by atoms with Crippen molar-refractivity contribution in [1.29, 1.82) is 0 Å². The van der Waals surface area contributed by atoms with Crippen LogP contribution in [0.5, 0.6) is 0 Å². The molecule has 1 atom stereocenters. The van der Waals surface area contributed by atoms with Gasteiger partial charge in [-0.15, -0.1) is 0 Å². The van der Waals surface area contributed by atoms with Gasteiger partial charge in [-0.1, -0.05) is 29.8 Å². The van der Waals surface area contributed by atoms with E-state index in [4.69, 9.17) is 26.2 Å². The zero-order valence-corrected chi connectivity index (χ0v) is 15.7. The Morgan fingerprint density at radius 2 is 1.86 bits per heavy atom. The van der Waals surface area contributed by atoms with Crippen LogP contribution in [0, 0.1) is 0 Å². The van der Waals surface area contributed by atoms with E-state index in [0.717, 1.165) is 30.3 Å². The lowest BCUT2D eigenvalue weighted by Crippen LogP contribution is -2.12. The van der Waals surface area contributed by atoms with Crippen molar-refractivity contribution in [3.05, 3.63) is 75.6 Å². The molecule has 154 valence electrons. The number of hydrogen-bond acceptors (Lipinski definition) is 5. The van der Waals surface area contributed by atoms with E-state index in [1.807, 2.05) is 0 Å². The Hall–Kier alpha value is -2.56. The number of rotatable bonds is 4. The molecule has 0 fully saturated rings. The summed E-state index contributed by atoms with van der Waals surface area (Å²) < 4.78 is 100. The number of ether oxygens (including phenoxy) is 1. The van der Waals surface area contributed by atoms with E-state index in [1.165, 1.54) is 0 Å². The molecule has 0 bridgehead atoms. The predicted octanol–water partition coefficient (Wildman–Crippen LogP) is 3.71. The van der Waals surface area contributed by atoms with E-state index in [2.05, 4.69) is 0 Å². The highest BCUT2D eigenvalue weighted by atomic mass is 35.5. The normalized spacial score (nSPS) is 22.1. The highest BCUT2D eigenvalue weighted by Gasteiger charge is 2.38. The molecular weight excluding hydrogens is 435 g/mol. The fraction of sp³-hybridized carbons (Fsp3) is 0.167. The van der Waals surface area contributed by atoms with Crippen LogP contribution in [0.4, 0.5) is 13.2 Å². The Balaban J connectivity index is 2.14. The zero-order chi connectivity index (χ0) is 24.3. The van der Waals surface area contributed by atoms with Crippen molar-refractivity contribution in [2.75, 3.05) is 0 Å². The van der Waals surface area contributed by atoms with Gasteiger partial charge in [0, 0.05) is 10.6 Å². The molecule has 0 saturated heterocycles. The van der Waals surface area contributed by atoms with Crippen LogP contribution < -0.4 is 5.73 Å². The van der Waals surface area contributed by atoms with Crippen molar-refractivity contribution in [2.45, 2.75) is 18.0 Å². The molecule has 11 heteroatoms. The molecule has 1 aliphatic rings. The summed E-state index contributed by atoms with van der Waals surface area (Å²) in [6.45, 7) is 0. The maximum Gasteiger partial charge on any atom is 0.416 e. The summed E-state index contributed by atoms with van der Waals surface area (Å²) in [5.41, 5.74) is -0.801. The molecule has 3 rings (SSSR count). The molecule has 1 heterocycles. The van der Waals surface area contributed by atoms with Crippen molar-refractivity contribution in [3.8, 4) is 0 Å². The molecule has 1 unspecified atom stereocenters. The van der Waals surface area contributed by atoms with E-state index >= 15 is 0 Å². The second-order valence-corrected chi connectivity index (χ2v) is 7.43. The van der Waals surface area contributed by atoms with Gasteiger partial charge in [-0.25, -0.2) is 0 Å². The first-order chi connectivity index (χ1) is 14.5. The van der Waals surface area contributed by atoms with E-state index in [9.17, 15) is 30.9 Å². The molecule has 0 radical (unpaired) electrons. The third-order valence-corrected chi connectivity index (χ3v) is 4.57. The predicted molar refractivity (Wildman–Crippen MR) is 98.1 cm³/mol. The Morgan fingerprint density at radius 3 is 2.41 bits per heavy atom. The second kappa shape index (κ2) is 7.36. The standard InChI is InChI=1S/C18H13ClF3NO5S/c19-12-6-3-10(8-29(25,26)27)13(7-12)14-15(24)16(28-17(14)23)9-1-4-11(5-2-9)18(20,21)22/h1-7,16H,8,23H2,(H,25,26,27)/i8D2,16D. The quantitative estimate of drug-likeness (QED) is 0.688. The van der Waals surface area contributed by atoms with Gasteiger partial charge in [0.05, 0.1) is 15.2 Å². The van der Waals surface area contributed by atoms with Crippen LogP contribution in [0.25, 0.3) is 5.57 Å². The van der Waals surface area contributed by atoms with E-state index in [1.54, 1.807) is 0 Å². The van der Waals surface area contributed by atoms with Gasteiger partial charge >= 0.3 is 6.18 Å². The lowest BCUT2D eigenvalue weighted by Gasteiger charge is -2.12. The van der Waals surface area contributed by atoms with Crippen LogP contribution >= 0.6 is 11.6 Å². The SMILES string of the molecule is [2H]C1(c2ccc(C(F)(F)F)cc2)OC(N)=C(c2cc(Cl)ccc2C([2H])([2H])S(=O)(=O)O)C1=O. The molecule has 2 aromatic carbocycles. The molecule has 2 aromatic rings. The minimum atomic E-state index is -5.33. The van der Waals surface area contributed by atoms with Gasteiger partial charge in [-0.3, -0.25) is 9.35 Å². The van der Waals surface area contributed by atoms with Gasteiger partial charge in [0.25, 0.3) is 10.1 Å². The number of alkyl halides is 3. The average molecular weight is 451 g/mol. The third-order valence-electron chi connectivity index (χ3n) is 3.86. The van der Waals surface area contributed by atoms with Crippen molar-refractivity contribution < 1.29 is 39.8 Å². The number of benzene rings is 2. The molecule has 0 aromatic heterocycles. The van der Waals surface area contributed by atoms with Crippen molar-refractivity contribution in [3.63, 3.8) is 0 Å². The highest BCUT2D eigenvalue weighted by molar-refractivity contribution is 7.85. The summed E-state index contributed by atoms with van der Waals surface area (Å²) in [5, 5.41) is -0.0694. The Kier molecular flexibility index (Phi) is 4.39. The number of Topliss-reactive ketones (excluding diaryl/α,β-unsaturated/α-hetero) is 1. The molecule has 3 N–H and O–H groups in total. The van der Waals surface area contributed by atoms with Crippen molar-refractivity contribution >= 4 is 33.1 Å². The highest BCUT2D eigenvalue weighted by Crippen LogP contribution is 2.39. The Labute approximate surface area is 172 Å². The molecule has 0 saturated carbocycles. The van der Waals surface area contributed by atoms with Crippen LogP contribution in [0.3, 0.4) is 0 Å². The van der Waals surface area contributed by atoms with E-state index < -0.39 is 62.0 Å². The molecule has 29 heavy (non-hydrogen) atoms. The lowest BCUT2D eigenvalue weighted by atomic mass is 9.94. The second-order valence-electron chi connectivity index (χ2n) is 5.84. The monoisotopic (exact) mass is 450 g/mol. The third kappa shape index (κ3) is 4.55. The van der Waals surface area contributed by atoms with Crippen LogP contribution in [0.15, 0.2) is 48.3 Å². The fourth-order valence-electron chi connectivity index (χ4n) is 2.64. The number of hydrogen-bond donors (Lipinski definition) is 2. The van der Waals surface area contributed by atoms with Gasteiger partial charge < -0.3 is 10.5 Å². The first-order valence-electron chi connectivity index (χ1n) is 9.19. The van der Waals surface area contributed by atoms with Gasteiger partial charge in [0.15, 0.2) is 12.0 Å². The van der Waals surface area contributed by atoms with Crippen LogP contribution in [-0.4, -0.2) is 18.8 Å². The minimum absolute atomic E-state index is 0.0694. The van der Waals surface area contributed by atoms with Crippen LogP contribution in [0.1, 0.15) is 32.4 Å². The number of halogens is 4. The van der Waals surface area contributed by atoms with Gasteiger partial charge in [0.2, 0.25) is 5.78 Å². The molecule has 0 aliphatic carbocycles. The number of ketones is 1. The summed E-state index contributed by atoms with van der Waals surface area (Å²) in [6, 6.07) is 5.96. The van der Waals surface area contributed by atoms with Crippen LogP contribution in [0.2, 0.25) is 5.02 Å². The maximum atomic E-state index is 13.1. The largest absolute Gasteiger partial charge is 0.462 e. The van der Waals surface area contributed by atoms with Gasteiger partial charge in [-0.2, -0.15) is 21.6 Å². The summed E-state index contributed by atoms with van der Waals surface area (Å²) in [5.74, 6) is -1.91. The topological polar surface area (TPSA) is 107 Å². The first-order valence-corrected chi connectivity index (χ1v) is 9.50. The zero-order valence-electron chi connectivity index (χ0n) is 17.1. The molecule has 6 nitrogen and oxygen atoms in total. The maximum absolute atomic E-state index is 13.1.